The van der Waals surface area contributed by atoms with Crippen molar-refractivity contribution in [3.63, 3.8) is 0 Å². The Bertz CT molecular complexity index is 894. The minimum absolute atomic E-state index is 0.0320. The zero-order valence-corrected chi connectivity index (χ0v) is 13.1. The van der Waals surface area contributed by atoms with Gasteiger partial charge in [-0.3, -0.25) is 0 Å². The maximum atomic E-state index is 14.3. The van der Waals surface area contributed by atoms with Gasteiger partial charge in [0, 0.05) is 5.57 Å². The molecule has 6 heteroatoms. The number of carbonyl (C=O) groups is 1. The van der Waals surface area contributed by atoms with E-state index in [-0.39, 0.29) is 17.1 Å². The highest BCUT2D eigenvalue weighted by Gasteiger charge is 2.28. The van der Waals surface area contributed by atoms with Gasteiger partial charge in [0.05, 0.1) is 5.57 Å². The maximum Gasteiger partial charge on any atom is 0.339 e. The predicted molar refractivity (Wildman–Crippen MR) is 84.4 cm³/mol. The molecule has 0 aliphatic carbocycles. The highest BCUT2D eigenvalue weighted by atomic mass is 32.2. The van der Waals surface area contributed by atoms with E-state index >= 15 is 0 Å². The molecule has 4 nitrogen and oxygen atoms in total. The van der Waals surface area contributed by atoms with Crippen molar-refractivity contribution >= 4 is 27.7 Å². The highest BCUT2D eigenvalue weighted by molar-refractivity contribution is 7.73. The first-order valence-corrected chi connectivity index (χ1v) is 8.04. The van der Waals surface area contributed by atoms with Crippen molar-refractivity contribution in [2.45, 2.75) is 11.8 Å². The molecule has 0 unspecified atom stereocenters. The number of hydrogen-bond donors (Lipinski definition) is 1. The normalized spacial score (nSPS) is 14.5. The number of rotatable bonds is 3. The summed E-state index contributed by atoms with van der Waals surface area (Å²) in [5, 5.41) is 0. The third-order valence-corrected chi connectivity index (χ3v) is 4.49. The van der Waals surface area contributed by atoms with Gasteiger partial charge in [-0.2, -0.15) is 10.6 Å². The summed E-state index contributed by atoms with van der Waals surface area (Å²) in [4.78, 5) is 11.9. The summed E-state index contributed by atoms with van der Waals surface area (Å²) in [6.45, 7) is 1.51. The van der Waals surface area contributed by atoms with Gasteiger partial charge in [0.2, 0.25) is 0 Å². The molecule has 0 aromatic heterocycles. The number of cyclic esters (lactones) is 1. The molecule has 0 fully saturated rings. The monoisotopic (exact) mass is 330 g/mol. The first kappa shape index (κ1) is 15.4. The molecule has 23 heavy (non-hydrogen) atoms. The minimum Gasteiger partial charge on any atom is -0.457 e. The van der Waals surface area contributed by atoms with Crippen LogP contribution in [-0.2, 0) is 24.3 Å². The van der Waals surface area contributed by atoms with Crippen LogP contribution in [0.4, 0.5) is 4.39 Å². The highest BCUT2D eigenvalue weighted by Crippen LogP contribution is 2.36. The fourth-order valence-electron chi connectivity index (χ4n) is 2.59. The topological polar surface area (TPSA) is 67.2 Å². The molecule has 2 aromatic carbocycles. The molecular weight excluding hydrogens is 317 g/mol. The summed E-state index contributed by atoms with van der Waals surface area (Å²) in [6.07, 6.45) is 0. The number of hydrogen-bond acceptors (Lipinski definition) is 5. The first-order valence-electron chi connectivity index (χ1n) is 6.89. The number of halogens is 1. The van der Waals surface area contributed by atoms with E-state index in [1.807, 2.05) is 6.07 Å². The van der Waals surface area contributed by atoms with E-state index in [4.69, 9.17) is 9.52 Å². The second kappa shape index (κ2) is 5.96. The Morgan fingerprint density at radius 2 is 1.87 bits per heavy atom. The van der Waals surface area contributed by atoms with Gasteiger partial charge in [0.15, 0.2) is 0 Å². The number of ether oxygens (including phenoxy) is 1. The van der Waals surface area contributed by atoms with Gasteiger partial charge in [-0.05, 0) is 23.6 Å². The van der Waals surface area contributed by atoms with Gasteiger partial charge in [-0.15, -0.1) is 0 Å². The Balaban J connectivity index is 2.31. The van der Waals surface area contributed by atoms with Crippen molar-refractivity contribution in [3.8, 4) is 0 Å². The predicted octanol–water partition coefficient (Wildman–Crippen LogP) is 3.69. The van der Waals surface area contributed by atoms with Crippen molar-refractivity contribution in [2.75, 3.05) is 6.61 Å². The first-order chi connectivity index (χ1) is 11.0. The molecule has 1 aliphatic heterocycles. The van der Waals surface area contributed by atoms with Gasteiger partial charge in [0.25, 0.3) is 0 Å². The van der Waals surface area contributed by atoms with Gasteiger partial charge in [0.1, 0.15) is 12.4 Å². The Hall–Kier alpha value is -2.47. The minimum atomic E-state index is -2.27. The molecule has 0 saturated carbocycles. The SMILES string of the molecule is Cc1ccc(C2=C(c3ccccc3)C(=O)OC2)c([S-](=N)=O)c1F. The van der Waals surface area contributed by atoms with Gasteiger partial charge in [-0.1, -0.05) is 47.4 Å². The van der Waals surface area contributed by atoms with Crippen LogP contribution < -0.4 is 0 Å². The smallest absolute Gasteiger partial charge is 0.339 e. The number of benzene rings is 2. The van der Waals surface area contributed by atoms with E-state index in [0.717, 1.165) is 0 Å². The molecule has 0 spiro atoms. The summed E-state index contributed by atoms with van der Waals surface area (Å²) in [5.41, 5.74) is 2.01. The van der Waals surface area contributed by atoms with Crippen molar-refractivity contribution in [2.24, 2.45) is 0 Å². The molecule has 1 heterocycles. The van der Waals surface area contributed by atoms with Crippen LogP contribution in [0.1, 0.15) is 16.7 Å². The average molecular weight is 330 g/mol. The third-order valence-electron chi connectivity index (χ3n) is 3.72. The van der Waals surface area contributed by atoms with E-state index in [1.54, 1.807) is 36.4 Å². The molecule has 0 amide bonds. The second-order valence-corrected chi connectivity index (χ2v) is 6.08. The molecule has 1 aliphatic rings. The molecule has 0 radical (unpaired) electrons. The van der Waals surface area contributed by atoms with E-state index in [9.17, 15) is 13.4 Å². The largest absolute Gasteiger partial charge is 0.457 e. The van der Waals surface area contributed by atoms with Crippen LogP contribution >= 0.6 is 0 Å². The van der Waals surface area contributed by atoms with E-state index in [2.05, 4.69) is 0 Å². The summed E-state index contributed by atoms with van der Waals surface area (Å²) < 4.78 is 38.6. The summed E-state index contributed by atoms with van der Waals surface area (Å²) in [7, 11) is -2.27. The summed E-state index contributed by atoms with van der Waals surface area (Å²) in [5.74, 6) is -1.19. The van der Waals surface area contributed by atoms with Crippen LogP contribution in [0.15, 0.2) is 47.4 Å². The van der Waals surface area contributed by atoms with Crippen LogP contribution in [0.3, 0.4) is 0 Å². The van der Waals surface area contributed by atoms with Gasteiger partial charge >= 0.3 is 5.97 Å². The fourth-order valence-corrected chi connectivity index (χ4v) is 3.30. The Morgan fingerprint density at radius 3 is 2.52 bits per heavy atom. The quantitative estimate of drug-likeness (QED) is 0.689. The lowest BCUT2D eigenvalue weighted by Gasteiger charge is -2.15. The zero-order chi connectivity index (χ0) is 16.6. The number of esters is 1. The summed E-state index contributed by atoms with van der Waals surface area (Å²) in [6, 6.07) is 12.0. The van der Waals surface area contributed by atoms with Crippen molar-refractivity contribution in [1.29, 1.82) is 4.78 Å². The standard InChI is InChI=1S/C17H13FNO3S/c1-10-7-8-12(16(15(10)18)23(19)21)13-9-22-17(20)14(13)11-5-3-2-4-6-11/h2-8,19H,9H2,1H3/q-1. The number of aryl methyl sites for hydroxylation is 1. The van der Waals surface area contributed by atoms with Crippen LogP contribution in [0.2, 0.25) is 0 Å². The molecule has 118 valence electrons. The molecule has 0 atom stereocenters. The van der Waals surface area contributed by atoms with E-state index in [0.29, 0.717) is 22.3 Å². The molecule has 3 rings (SSSR count). The van der Waals surface area contributed by atoms with Crippen LogP contribution in [-0.4, -0.2) is 12.6 Å². The van der Waals surface area contributed by atoms with Crippen molar-refractivity contribution < 1.29 is 18.1 Å². The van der Waals surface area contributed by atoms with E-state index in [1.165, 1.54) is 6.92 Å². The van der Waals surface area contributed by atoms with Crippen molar-refractivity contribution in [3.05, 3.63) is 65.0 Å². The number of carbonyl (C=O) groups excluding carboxylic acids is 1. The molecule has 1 N–H and O–H groups in total. The maximum absolute atomic E-state index is 14.3. The van der Waals surface area contributed by atoms with Crippen LogP contribution in [0.5, 0.6) is 0 Å². The fraction of sp³-hybridized carbons (Fsp3) is 0.118. The lowest BCUT2D eigenvalue weighted by molar-refractivity contribution is -0.133. The van der Waals surface area contributed by atoms with E-state index < -0.39 is 22.4 Å². The van der Waals surface area contributed by atoms with Crippen LogP contribution in [0, 0.1) is 17.5 Å². The van der Waals surface area contributed by atoms with Gasteiger partial charge in [-0.25, -0.2) is 9.18 Å². The Morgan fingerprint density at radius 1 is 1.17 bits per heavy atom. The zero-order valence-electron chi connectivity index (χ0n) is 12.3. The lowest BCUT2D eigenvalue weighted by Crippen LogP contribution is -2.00. The second-order valence-electron chi connectivity index (χ2n) is 5.14. The lowest BCUT2D eigenvalue weighted by atomic mass is 9.96. The number of nitrogens with one attached hydrogen (secondary N) is 1. The Kier molecular flexibility index (Phi) is 4.00. The third kappa shape index (κ3) is 2.66. The van der Waals surface area contributed by atoms with Gasteiger partial charge < -0.3 is 13.7 Å². The Labute approximate surface area is 134 Å². The molecule has 0 bridgehead atoms. The molecule has 2 aromatic rings. The molecule has 0 saturated heterocycles. The van der Waals surface area contributed by atoms with Crippen molar-refractivity contribution in [1.82, 2.24) is 0 Å². The summed E-state index contributed by atoms with van der Waals surface area (Å²) >= 11 is 0. The average Bonchev–Trinajstić information content (AvgIpc) is 2.92. The van der Waals surface area contributed by atoms with Crippen LogP contribution in [0.25, 0.3) is 11.1 Å². The molecular formula is C17H13FNO3S-.